The van der Waals surface area contributed by atoms with Crippen LogP contribution >= 0.6 is 0 Å². The molecule has 1 heterocycles. The SMILES string of the molecule is Cc1cncc(NC(=O)COc2ccccc2C)c1. The molecule has 1 amide bonds. The van der Waals surface area contributed by atoms with Gasteiger partial charge in [-0.15, -0.1) is 0 Å². The second-order valence-corrected chi connectivity index (χ2v) is 4.35. The minimum Gasteiger partial charge on any atom is -0.483 e. The third-order valence-electron chi connectivity index (χ3n) is 2.61. The molecule has 98 valence electrons. The van der Waals surface area contributed by atoms with Crippen LogP contribution in [0.4, 0.5) is 5.69 Å². The zero-order chi connectivity index (χ0) is 13.7. The van der Waals surface area contributed by atoms with Crippen molar-refractivity contribution in [3.63, 3.8) is 0 Å². The van der Waals surface area contributed by atoms with E-state index in [1.165, 1.54) is 0 Å². The van der Waals surface area contributed by atoms with Gasteiger partial charge in [-0.2, -0.15) is 0 Å². The predicted molar refractivity (Wildman–Crippen MR) is 74.3 cm³/mol. The summed E-state index contributed by atoms with van der Waals surface area (Å²) in [5, 5.41) is 2.75. The second kappa shape index (κ2) is 6.00. The van der Waals surface area contributed by atoms with Crippen molar-refractivity contribution >= 4 is 11.6 Å². The number of benzene rings is 1. The van der Waals surface area contributed by atoms with Gasteiger partial charge >= 0.3 is 0 Å². The molecular weight excluding hydrogens is 240 g/mol. The van der Waals surface area contributed by atoms with Crippen LogP contribution in [0, 0.1) is 13.8 Å². The molecule has 0 spiro atoms. The maximum Gasteiger partial charge on any atom is 0.262 e. The second-order valence-electron chi connectivity index (χ2n) is 4.35. The molecule has 0 aliphatic heterocycles. The Hall–Kier alpha value is -2.36. The van der Waals surface area contributed by atoms with E-state index in [2.05, 4.69) is 10.3 Å². The summed E-state index contributed by atoms with van der Waals surface area (Å²) < 4.78 is 5.47. The van der Waals surface area contributed by atoms with E-state index in [9.17, 15) is 4.79 Å². The monoisotopic (exact) mass is 256 g/mol. The number of para-hydroxylation sites is 1. The van der Waals surface area contributed by atoms with Gasteiger partial charge in [0.2, 0.25) is 0 Å². The van der Waals surface area contributed by atoms with Crippen LogP contribution in [0.3, 0.4) is 0 Å². The lowest BCUT2D eigenvalue weighted by atomic mass is 10.2. The number of carbonyl (C=O) groups excluding carboxylic acids is 1. The third-order valence-corrected chi connectivity index (χ3v) is 2.61. The Morgan fingerprint density at radius 2 is 2.05 bits per heavy atom. The number of carbonyl (C=O) groups is 1. The molecule has 0 bridgehead atoms. The van der Waals surface area contributed by atoms with Gasteiger partial charge in [0.25, 0.3) is 5.91 Å². The molecular formula is C15H16N2O2. The van der Waals surface area contributed by atoms with Crippen LogP contribution in [0.15, 0.2) is 42.7 Å². The molecule has 2 aromatic rings. The van der Waals surface area contributed by atoms with Gasteiger partial charge in [0.15, 0.2) is 6.61 Å². The number of nitrogens with one attached hydrogen (secondary N) is 1. The number of amides is 1. The zero-order valence-corrected chi connectivity index (χ0v) is 11.0. The molecule has 0 saturated carbocycles. The van der Waals surface area contributed by atoms with E-state index in [0.29, 0.717) is 5.69 Å². The van der Waals surface area contributed by atoms with Crippen LogP contribution < -0.4 is 10.1 Å². The molecule has 0 unspecified atom stereocenters. The standard InChI is InChI=1S/C15H16N2O2/c1-11-7-13(9-16-8-11)17-15(18)10-19-14-6-4-3-5-12(14)2/h3-9H,10H2,1-2H3,(H,17,18). The summed E-state index contributed by atoms with van der Waals surface area (Å²) in [7, 11) is 0. The van der Waals surface area contributed by atoms with Gasteiger partial charge < -0.3 is 10.1 Å². The van der Waals surface area contributed by atoms with E-state index in [-0.39, 0.29) is 12.5 Å². The molecule has 0 atom stereocenters. The highest BCUT2D eigenvalue weighted by atomic mass is 16.5. The summed E-state index contributed by atoms with van der Waals surface area (Å²) in [6, 6.07) is 9.46. The minimum atomic E-state index is -0.198. The number of hydrogen-bond acceptors (Lipinski definition) is 3. The average molecular weight is 256 g/mol. The first kappa shape index (κ1) is 13.1. The van der Waals surface area contributed by atoms with Gasteiger partial charge in [0, 0.05) is 6.20 Å². The van der Waals surface area contributed by atoms with Crippen molar-refractivity contribution in [1.29, 1.82) is 0 Å². The van der Waals surface area contributed by atoms with E-state index in [1.807, 2.05) is 44.2 Å². The van der Waals surface area contributed by atoms with Crippen molar-refractivity contribution in [2.75, 3.05) is 11.9 Å². The lowest BCUT2D eigenvalue weighted by Crippen LogP contribution is -2.20. The molecule has 19 heavy (non-hydrogen) atoms. The molecule has 0 aliphatic rings. The number of anilines is 1. The fraction of sp³-hybridized carbons (Fsp3) is 0.200. The third kappa shape index (κ3) is 3.81. The van der Waals surface area contributed by atoms with E-state index in [4.69, 9.17) is 4.74 Å². The fourth-order valence-corrected chi connectivity index (χ4v) is 1.68. The normalized spacial score (nSPS) is 10.0. The molecule has 1 aromatic heterocycles. The zero-order valence-electron chi connectivity index (χ0n) is 11.0. The minimum absolute atomic E-state index is 0.0151. The number of ether oxygens (including phenoxy) is 1. The van der Waals surface area contributed by atoms with Gasteiger partial charge in [-0.1, -0.05) is 18.2 Å². The van der Waals surface area contributed by atoms with Gasteiger partial charge in [-0.3, -0.25) is 9.78 Å². The smallest absolute Gasteiger partial charge is 0.262 e. The summed E-state index contributed by atoms with van der Waals surface area (Å²) in [4.78, 5) is 15.8. The molecule has 1 N–H and O–H groups in total. The van der Waals surface area contributed by atoms with Crippen LogP contribution in [0.1, 0.15) is 11.1 Å². The lowest BCUT2D eigenvalue weighted by molar-refractivity contribution is -0.118. The number of aryl methyl sites for hydroxylation is 2. The summed E-state index contributed by atoms with van der Waals surface area (Å²) >= 11 is 0. The van der Waals surface area contributed by atoms with Crippen LogP contribution in [0.25, 0.3) is 0 Å². The predicted octanol–water partition coefficient (Wildman–Crippen LogP) is 2.72. The Balaban J connectivity index is 1.90. The summed E-state index contributed by atoms with van der Waals surface area (Å²) in [5.41, 5.74) is 2.68. The van der Waals surface area contributed by atoms with Crippen LogP contribution in [-0.2, 0) is 4.79 Å². The highest BCUT2D eigenvalue weighted by Gasteiger charge is 2.05. The first-order valence-corrected chi connectivity index (χ1v) is 6.05. The van der Waals surface area contributed by atoms with E-state index in [1.54, 1.807) is 12.4 Å². The summed E-state index contributed by atoms with van der Waals surface area (Å²) in [6.45, 7) is 3.85. The van der Waals surface area contributed by atoms with E-state index >= 15 is 0 Å². The van der Waals surface area contributed by atoms with Crippen molar-refractivity contribution in [2.24, 2.45) is 0 Å². The van der Waals surface area contributed by atoms with Crippen LogP contribution in [0.2, 0.25) is 0 Å². The molecule has 4 nitrogen and oxygen atoms in total. The van der Waals surface area contributed by atoms with Crippen molar-refractivity contribution in [2.45, 2.75) is 13.8 Å². The molecule has 0 fully saturated rings. The number of nitrogens with zero attached hydrogens (tertiary/aromatic N) is 1. The summed E-state index contributed by atoms with van der Waals surface area (Å²) in [5.74, 6) is 0.524. The fourth-order valence-electron chi connectivity index (χ4n) is 1.68. The summed E-state index contributed by atoms with van der Waals surface area (Å²) in [6.07, 6.45) is 3.35. The van der Waals surface area contributed by atoms with Gasteiger partial charge in [0.1, 0.15) is 5.75 Å². The average Bonchev–Trinajstić information content (AvgIpc) is 2.38. The maximum absolute atomic E-state index is 11.7. The lowest BCUT2D eigenvalue weighted by Gasteiger charge is -2.09. The molecule has 2 rings (SSSR count). The Morgan fingerprint density at radius 3 is 2.79 bits per heavy atom. The van der Waals surface area contributed by atoms with Gasteiger partial charge in [0.05, 0.1) is 11.9 Å². The first-order chi connectivity index (χ1) is 9.15. The quantitative estimate of drug-likeness (QED) is 0.915. The number of rotatable bonds is 4. The molecule has 1 aromatic carbocycles. The van der Waals surface area contributed by atoms with Crippen molar-refractivity contribution in [3.05, 3.63) is 53.9 Å². The molecule has 0 saturated heterocycles. The first-order valence-electron chi connectivity index (χ1n) is 6.05. The van der Waals surface area contributed by atoms with Crippen LogP contribution in [-0.4, -0.2) is 17.5 Å². The number of aromatic nitrogens is 1. The Labute approximate surface area is 112 Å². The Bertz CT molecular complexity index is 582. The van der Waals surface area contributed by atoms with Crippen molar-refractivity contribution in [1.82, 2.24) is 4.98 Å². The Kier molecular flexibility index (Phi) is 4.13. The molecule has 4 heteroatoms. The molecule has 0 aliphatic carbocycles. The van der Waals surface area contributed by atoms with Gasteiger partial charge in [-0.25, -0.2) is 0 Å². The van der Waals surface area contributed by atoms with Crippen molar-refractivity contribution in [3.8, 4) is 5.75 Å². The molecule has 0 radical (unpaired) electrons. The van der Waals surface area contributed by atoms with Crippen LogP contribution in [0.5, 0.6) is 5.75 Å². The topological polar surface area (TPSA) is 51.2 Å². The Morgan fingerprint density at radius 1 is 1.26 bits per heavy atom. The maximum atomic E-state index is 11.7. The highest BCUT2D eigenvalue weighted by Crippen LogP contribution is 2.16. The van der Waals surface area contributed by atoms with Gasteiger partial charge in [-0.05, 0) is 37.1 Å². The van der Waals surface area contributed by atoms with E-state index in [0.717, 1.165) is 16.9 Å². The number of hydrogen-bond donors (Lipinski definition) is 1. The largest absolute Gasteiger partial charge is 0.483 e. The van der Waals surface area contributed by atoms with Crippen molar-refractivity contribution < 1.29 is 9.53 Å². The number of pyridine rings is 1. The van der Waals surface area contributed by atoms with E-state index < -0.39 is 0 Å². The highest BCUT2D eigenvalue weighted by molar-refractivity contribution is 5.91.